The Morgan fingerprint density at radius 1 is 1.22 bits per heavy atom. The molecule has 0 unspecified atom stereocenters. The van der Waals surface area contributed by atoms with E-state index in [-0.39, 0.29) is 17.5 Å². The van der Waals surface area contributed by atoms with Crippen LogP contribution < -0.4 is 10.9 Å². The summed E-state index contributed by atoms with van der Waals surface area (Å²) in [6.07, 6.45) is 3.65. The zero-order valence-corrected chi connectivity index (χ0v) is 17.2. The maximum atomic E-state index is 12.5. The van der Waals surface area contributed by atoms with E-state index in [1.807, 2.05) is 31.2 Å². The maximum Gasteiger partial charge on any atom is 0.272 e. The predicted octanol–water partition coefficient (Wildman–Crippen LogP) is 3.91. The number of aromatic amines is 1. The largest absolute Gasteiger partial charge is 0.349 e. The zero-order chi connectivity index (χ0) is 19.0. The molecule has 1 aliphatic carbocycles. The number of benzene rings is 1. The number of amides is 1. The minimum atomic E-state index is -0.151. The van der Waals surface area contributed by atoms with E-state index in [9.17, 15) is 9.59 Å². The number of aromatic nitrogens is 3. The molecule has 1 saturated carbocycles. The van der Waals surface area contributed by atoms with Crippen molar-refractivity contribution in [3.8, 4) is 0 Å². The number of carbonyl (C=O) groups is 1. The average molecular weight is 447 g/mol. The number of nitrogens with one attached hydrogen (secondary N) is 2. The van der Waals surface area contributed by atoms with E-state index in [1.165, 1.54) is 11.3 Å². The molecule has 1 amide bonds. The van der Waals surface area contributed by atoms with Crippen molar-refractivity contribution in [3.63, 3.8) is 0 Å². The number of fused-ring (bicyclic) bond motifs is 1. The quantitative estimate of drug-likeness (QED) is 0.638. The number of carbonyl (C=O) groups excluding carboxylic acids is 1. The van der Waals surface area contributed by atoms with Gasteiger partial charge in [0, 0.05) is 17.3 Å². The molecular weight excluding hydrogens is 428 g/mol. The van der Waals surface area contributed by atoms with Crippen molar-refractivity contribution >= 4 is 43.9 Å². The summed E-state index contributed by atoms with van der Waals surface area (Å²) >= 11 is 4.69. The van der Waals surface area contributed by atoms with Crippen molar-refractivity contribution in [3.05, 3.63) is 54.8 Å². The number of thiazole rings is 1. The maximum absolute atomic E-state index is 12.5. The van der Waals surface area contributed by atoms with Crippen molar-refractivity contribution in [2.45, 2.75) is 44.6 Å². The van der Waals surface area contributed by atoms with E-state index in [1.54, 1.807) is 0 Å². The highest BCUT2D eigenvalue weighted by Crippen LogP contribution is 2.34. The number of halogens is 1. The Labute approximate surface area is 168 Å². The van der Waals surface area contributed by atoms with Gasteiger partial charge in [-0.25, -0.2) is 10.1 Å². The van der Waals surface area contributed by atoms with Crippen LogP contribution in [0.3, 0.4) is 0 Å². The normalized spacial score (nSPS) is 19.9. The van der Waals surface area contributed by atoms with Gasteiger partial charge in [-0.15, -0.1) is 11.3 Å². The van der Waals surface area contributed by atoms with E-state index in [4.69, 9.17) is 0 Å². The third-order valence-corrected chi connectivity index (χ3v) is 6.76. The Kier molecular flexibility index (Phi) is 5.10. The fourth-order valence-electron chi connectivity index (χ4n) is 3.78. The molecule has 27 heavy (non-hydrogen) atoms. The molecule has 3 aromatic rings. The summed E-state index contributed by atoms with van der Waals surface area (Å²) in [5.74, 6) is 0.242. The molecule has 1 aromatic carbocycles. The lowest BCUT2D eigenvalue weighted by Crippen LogP contribution is -2.37. The third-order valence-electron chi connectivity index (χ3n) is 5.15. The van der Waals surface area contributed by atoms with Gasteiger partial charge in [-0.1, -0.05) is 18.2 Å². The Balaban J connectivity index is 1.45. The van der Waals surface area contributed by atoms with Crippen LogP contribution in [-0.2, 0) is 0 Å². The Morgan fingerprint density at radius 2 is 1.93 bits per heavy atom. The molecule has 8 heteroatoms. The number of H-pyrrole nitrogens is 1. The average Bonchev–Trinajstić information content (AvgIpc) is 3.01. The van der Waals surface area contributed by atoms with Crippen molar-refractivity contribution in [1.29, 1.82) is 0 Å². The molecule has 140 valence electrons. The summed E-state index contributed by atoms with van der Waals surface area (Å²) in [6, 6.07) is 7.76. The summed E-state index contributed by atoms with van der Waals surface area (Å²) in [7, 11) is 0. The van der Waals surface area contributed by atoms with Crippen LogP contribution in [0.15, 0.2) is 33.0 Å². The van der Waals surface area contributed by atoms with Gasteiger partial charge in [0.15, 0.2) is 3.92 Å². The molecule has 0 saturated heterocycles. The van der Waals surface area contributed by atoms with Crippen LogP contribution in [0.5, 0.6) is 0 Å². The van der Waals surface area contributed by atoms with Crippen LogP contribution in [0.1, 0.15) is 52.7 Å². The molecule has 6 nitrogen and oxygen atoms in total. The van der Waals surface area contributed by atoms with Crippen LogP contribution in [-0.4, -0.2) is 27.1 Å². The minimum absolute atomic E-state index is 0.0493. The summed E-state index contributed by atoms with van der Waals surface area (Å²) in [5, 5.41) is 11.7. The third kappa shape index (κ3) is 3.68. The van der Waals surface area contributed by atoms with Gasteiger partial charge in [0.25, 0.3) is 11.5 Å². The predicted molar refractivity (Wildman–Crippen MR) is 109 cm³/mol. The molecule has 0 spiro atoms. The minimum Gasteiger partial charge on any atom is -0.349 e. The van der Waals surface area contributed by atoms with Gasteiger partial charge < -0.3 is 5.32 Å². The SMILES string of the molecule is Cc1nc(Br)sc1C(=O)NC1CCC(c2n[nH]c(=O)c3ccccc23)CC1. The van der Waals surface area contributed by atoms with Gasteiger partial charge in [-0.3, -0.25) is 9.59 Å². The number of rotatable bonds is 3. The number of nitrogens with zero attached hydrogens (tertiary/aromatic N) is 2. The highest BCUT2D eigenvalue weighted by atomic mass is 79.9. The Morgan fingerprint density at radius 3 is 2.59 bits per heavy atom. The second kappa shape index (κ2) is 7.52. The standard InChI is InChI=1S/C19H19BrN4O2S/c1-10-16(27-19(20)21-10)18(26)22-12-8-6-11(7-9-12)15-13-4-2-3-5-14(13)17(25)24-23-15/h2-5,11-12H,6-9H2,1H3,(H,22,26)(H,24,25). The first-order valence-corrected chi connectivity index (χ1v) is 10.5. The second-order valence-corrected chi connectivity index (χ2v) is 9.16. The summed E-state index contributed by atoms with van der Waals surface area (Å²) in [5.41, 5.74) is 1.56. The summed E-state index contributed by atoms with van der Waals surface area (Å²) in [6.45, 7) is 1.85. The van der Waals surface area contributed by atoms with Crippen molar-refractivity contribution < 1.29 is 4.79 Å². The van der Waals surface area contributed by atoms with Gasteiger partial charge in [-0.2, -0.15) is 5.10 Å². The van der Waals surface area contributed by atoms with Gasteiger partial charge in [0.05, 0.1) is 16.8 Å². The highest BCUT2D eigenvalue weighted by molar-refractivity contribution is 9.11. The van der Waals surface area contributed by atoms with Gasteiger partial charge in [0.2, 0.25) is 0 Å². The van der Waals surface area contributed by atoms with Gasteiger partial charge in [-0.05, 0) is 54.6 Å². The molecule has 2 heterocycles. The smallest absolute Gasteiger partial charge is 0.272 e. The summed E-state index contributed by atoms with van der Waals surface area (Å²) in [4.78, 5) is 29.4. The van der Waals surface area contributed by atoms with Crippen LogP contribution in [0.4, 0.5) is 0 Å². The first-order valence-electron chi connectivity index (χ1n) is 8.94. The van der Waals surface area contributed by atoms with Crippen LogP contribution in [0.2, 0.25) is 0 Å². The van der Waals surface area contributed by atoms with Crippen LogP contribution in [0.25, 0.3) is 10.8 Å². The van der Waals surface area contributed by atoms with Gasteiger partial charge in [0.1, 0.15) is 4.88 Å². The molecule has 0 atom stereocenters. The van der Waals surface area contributed by atoms with Crippen LogP contribution in [0, 0.1) is 6.92 Å². The van der Waals surface area contributed by atoms with E-state index in [2.05, 4.69) is 36.4 Å². The van der Waals surface area contributed by atoms with Crippen molar-refractivity contribution in [2.75, 3.05) is 0 Å². The topological polar surface area (TPSA) is 87.7 Å². The molecule has 2 aromatic heterocycles. The molecule has 0 radical (unpaired) electrons. The molecule has 4 rings (SSSR count). The van der Waals surface area contributed by atoms with E-state index < -0.39 is 0 Å². The second-order valence-electron chi connectivity index (χ2n) is 6.89. The lowest BCUT2D eigenvalue weighted by Gasteiger charge is -2.29. The van der Waals surface area contributed by atoms with Gasteiger partial charge >= 0.3 is 0 Å². The lowest BCUT2D eigenvalue weighted by atomic mass is 9.82. The first-order chi connectivity index (χ1) is 13.0. The van der Waals surface area contributed by atoms with Crippen LogP contribution >= 0.6 is 27.3 Å². The molecule has 2 N–H and O–H groups in total. The molecular formula is C19H19BrN4O2S. The molecule has 0 bridgehead atoms. The number of aryl methyl sites for hydroxylation is 1. The van der Waals surface area contributed by atoms with E-state index >= 15 is 0 Å². The first kappa shape index (κ1) is 18.3. The molecule has 1 aliphatic rings. The molecule has 0 aliphatic heterocycles. The Bertz CT molecular complexity index is 1050. The Hall–Kier alpha value is -2.06. The zero-order valence-electron chi connectivity index (χ0n) is 14.8. The number of hydrogen-bond donors (Lipinski definition) is 2. The monoisotopic (exact) mass is 446 g/mol. The van der Waals surface area contributed by atoms with Crippen molar-refractivity contribution in [2.24, 2.45) is 0 Å². The number of hydrogen-bond acceptors (Lipinski definition) is 5. The van der Waals surface area contributed by atoms with E-state index in [0.717, 1.165) is 46.4 Å². The summed E-state index contributed by atoms with van der Waals surface area (Å²) < 4.78 is 0.727. The highest BCUT2D eigenvalue weighted by Gasteiger charge is 2.27. The fourth-order valence-corrected chi connectivity index (χ4v) is 5.23. The molecule has 1 fully saturated rings. The van der Waals surface area contributed by atoms with Crippen molar-refractivity contribution in [1.82, 2.24) is 20.5 Å². The fraction of sp³-hybridized carbons (Fsp3) is 0.368. The van der Waals surface area contributed by atoms with E-state index in [0.29, 0.717) is 16.2 Å². The lowest BCUT2D eigenvalue weighted by molar-refractivity contribution is 0.0929.